The molecule has 22 heavy (non-hydrogen) atoms. The molecule has 2 aromatic rings. The van der Waals surface area contributed by atoms with E-state index in [2.05, 4.69) is 5.10 Å². The van der Waals surface area contributed by atoms with E-state index >= 15 is 0 Å². The highest BCUT2D eigenvalue weighted by molar-refractivity contribution is 7.99. The van der Waals surface area contributed by atoms with Gasteiger partial charge in [0.25, 0.3) is 0 Å². The standard InChI is InChI=1S/C15H18N2O4S/c1-3-20-15(18)11-6-5-7-13(22-4-2)12(11)10-21-14-8-9-17(19)16-14/h5-9,19H,3-4,10H2,1-2H3. The van der Waals surface area contributed by atoms with Gasteiger partial charge in [0.1, 0.15) is 6.61 Å². The van der Waals surface area contributed by atoms with E-state index in [1.54, 1.807) is 30.8 Å². The van der Waals surface area contributed by atoms with E-state index in [0.29, 0.717) is 17.0 Å². The van der Waals surface area contributed by atoms with Crippen LogP contribution in [0.15, 0.2) is 35.4 Å². The molecule has 0 radical (unpaired) electrons. The van der Waals surface area contributed by atoms with E-state index in [0.717, 1.165) is 16.2 Å². The first kappa shape index (κ1) is 16.2. The summed E-state index contributed by atoms with van der Waals surface area (Å²) < 4.78 is 10.7. The molecule has 0 aliphatic carbocycles. The lowest BCUT2D eigenvalue weighted by Crippen LogP contribution is -2.11. The van der Waals surface area contributed by atoms with Gasteiger partial charge in [-0.3, -0.25) is 0 Å². The molecule has 1 aromatic carbocycles. The van der Waals surface area contributed by atoms with Gasteiger partial charge in [-0.25, -0.2) is 4.79 Å². The van der Waals surface area contributed by atoms with Crippen molar-refractivity contribution >= 4 is 17.7 Å². The van der Waals surface area contributed by atoms with Gasteiger partial charge >= 0.3 is 5.97 Å². The van der Waals surface area contributed by atoms with Crippen molar-refractivity contribution in [3.63, 3.8) is 0 Å². The summed E-state index contributed by atoms with van der Waals surface area (Å²) in [6.07, 6.45) is 1.37. The van der Waals surface area contributed by atoms with E-state index in [4.69, 9.17) is 14.7 Å². The summed E-state index contributed by atoms with van der Waals surface area (Å²) in [6, 6.07) is 7.04. The average Bonchev–Trinajstić information content (AvgIpc) is 2.92. The molecule has 7 heteroatoms. The van der Waals surface area contributed by atoms with Crippen molar-refractivity contribution in [3.8, 4) is 5.88 Å². The fraction of sp³-hybridized carbons (Fsp3) is 0.333. The minimum Gasteiger partial charge on any atom is -0.472 e. The lowest BCUT2D eigenvalue weighted by molar-refractivity contribution is 0.0522. The van der Waals surface area contributed by atoms with Gasteiger partial charge in [0.2, 0.25) is 5.88 Å². The second-order valence-electron chi connectivity index (χ2n) is 4.30. The van der Waals surface area contributed by atoms with Crippen molar-refractivity contribution in [1.29, 1.82) is 0 Å². The first-order chi connectivity index (χ1) is 10.7. The van der Waals surface area contributed by atoms with Crippen molar-refractivity contribution in [1.82, 2.24) is 9.94 Å². The molecule has 0 atom stereocenters. The highest BCUT2D eigenvalue weighted by atomic mass is 32.2. The Kier molecular flexibility index (Phi) is 5.71. The van der Waals surface area contributed by atoms with E-state index in [-0.39, 0.29) is 18.5 Å². The Morgan fingerprint density at radius 2 is 2.18 bits per heavy atom. The fourth-order valence-corrected chi connectivity index (χ4v) is 2.76. The number of nitrogens with zero attached hydrogens (tertiary/aromatic N) is 2. The third-order valence-electron chi connectivity index (χ3n) is 2.84. The number of esters is 1. The molecule has 0 fully saturated rings. The van der Waals surface area contributed by atoms with Gasteiger partial charge in [0, 0.05) is 16.5 Å². The Morgan fingerprint density at radius 3 is 2.82 bits per heavy atom. The third kappa shape index (κ3) is 3.94. The van der Waals surface area contributed by atoms with Crippen molar-refractivity contribution in [2.45, 2.75) is 25.3 Å². The molecule has 1 heterocycles. The second kappa shape index (κ2) is 7.74. The molecule has 0 amide bonds. The molecule has 0 bridgehead atoms. The Morgan fingerprint density at radius 1 is 1.36 bits per heavy atom. The number of ether oxygens (including phenoxy) is 2. The molecule has 0 saturated heterocycles. The van der Waals surface area contributed by atoms with Gasteiger partial charge in [0.05, 0.1) is 18.4 Å². The van der Waals surface area contributed by atoms with Gasteiger partial charge in [-0.1, -0.05) is 18.1 Å². The van der Waals surface area contributed by atoms with Crippen LogP contribution in [-0.2, 0) is 11.3 Å². The number of thioether (sulfide) groups is 1. The largest absolute Gasteiger partial charge is 0.472 e. The maximum atomic E-state index is 12.1. The molecule has 1 N–H and O–H groups in total. The number of carbonyl (C=O) groups is 1. The second-order valence-corrected chi connectivity index (χ2v) is 5.60. The van der Waals surface area contributed by atoms with Crippen LogP contribution < -0.4 is 4.74 Å². The minimum absolute atomic E-state index is 0.175. The Balaban J connectivity index is 2.26. The predicted octanol–water partition coefficient (Wildman–Crippen LogP) is 2.99. The molecular formula is C15H18N2O4S. The summed E-state index contributed by atoms with van der Waals surface area (Å²) in [5.74, 6) is 0.797. The SMILES string of the molecule is CCOC(=O)c1cccc(SCC)c1COc1ccn(O)n1. The van der Waals surface area contributed by atoms with Crippen LogP contribution in [0.5, 0.6) is 5.88 Å². The third-order valence-corrected chi connectivity index (χ3v) is 3.83. The molecule has 1 aromatic heterocycles. The molecule has 118 valence electrons. The summed E-state index contributed by atoms with van der Waals surface area (Å²) in [4.78, 5) is 13.7. The number of hydrogen-bond donors (Lipinski definition) is 1. The van der Waals surface area contributed by atoms with Crippen LogP contribution >= 0.6 is 11.8 Å². The molecule has 6 nitrogen and oxygen atoms in total. The lowest BCUT2D eigenvalue weighted by Gasteiger charge is -2.13. The van der Waals surface area contributed by atoms with Crippen LogP contribution in [0.4, 0.5) is 0 Å². The first-order valence-corrected chi connectivity index (χ1v) is 7.93. The van der Waals surface area contributed by atoms with Crippen LogP contribution in [0.3, 0.4) is 0 Å². The topological polar surface area (TPSA) is 73.6 Å². The summed E-state index contributed by atoms with van der Waals surface area (Å²) in [6.45, 7) is 4.31. The van der Waals surface area contributed by atoms with Crippen molar-refractivity contribution in [3.05, 3.63) is 41.6 Å². The smallest absolute Gasteiger partial charge is 0.338 e. The molecule has 0 aliphatic rings. The van der Waals surface area contributed by atoms with Crippen molar-refractivity contribution < 1.29 is 19.5 Å². The van der Waals surface area contributed by atoms with Crippen LogP contribution in [0.25, 0.3) is 0 Å². The number of benzene rings is 1. The van der Waals surface area contributed by atoms with Crippen molar-refractivity contribution in [2.75, 3.05) is 12.4 Å². The van der Waals surface area contributed by atoms with Crippen LogP contribution in [-0.4, -0.2) is 33.5 Å². The van der Waals surface area contributed by atoms with E-state index in [1.165, 1.54) is 6.20 Å². The number of aromatic nitrogens is 2. The normalized spacial score (nSPS) is 10.5. The van der Waals surface area contributed by atoms with Gasteiger partial charge < -0.3 is 14.7 Å². The number of carbonyl (C=O) groups excluding carboxylic acids is 1. The summed E-state index contributed by atoms with van der Waals surface area (Å²) in [7, 11) is 0. The Hall–Kier alpha value is -2.15. The van der Waals surface area contributed by atoms with Gasteiger partial charge in [-0.15, -0.1) is 16.6 Å². The Bertz CT molecular complexity index is 642. The van der Waals surface area contributed by atoms with Crippen LogP contribution in [0, 0.1) is 0 Å². The zero-order valence-electron chi connectivity index (χ0n) is 12.5. The average molecular weight is 322 g/mol. The fourth-order valence-electron chi connectivity index (χ4n) is 1.93. The highest BCUT2D eigenvalue weighted by Crippen LogP contribution is 2.27. The molecule has 0 spiro atoms. The highest BCUT2D eigenvalue weighted by Gasteiger charge is 2.17. The number of rotatable bonds is 7. The van der Waals surface area contributed by atoms with Gasteiger partial charge in [-0.2, -0.15) is 0 Å². The maximum absolute atomic E-state index is 12.1. The molecule has 0 aliphatic heterocycles. The minimum atomic E-state index is -0.368. The lowest BCUT2D eigenvalue weighted by atomic mass is 10.1. The Labute approximate surface area is 133 Å². The number of hydrogen-bond acceptors (Lipinski definition) is 6. The molecule has 0 unspecified atom stereocenters. The zero-order chi connectivity index (χ0) is 15.9. The quantitative estimate of drug-likeness (QED) is 0.480. The van der Waals surface area contributed by atoms with Crippen molar-refractivity contribution in [2.24, 2.45) is 0 Å². The van der Waals surface area contributed by atoms with E-state index in [1.807, 2.05) is 19.1 Å². The summed E-state index contributed by atoms with van der Waals surface area (Å²) >= 11 is 1.63. The molecule has 0 saturated carbocycles. The van der Waals surface area contributed by atoms with E-state index in [9.17, 15) is 4.79 Å². The van der Waals surface area contributed by atoms with Crippen LogP contribution in [0.2, 0.25) is 0 Å². The monoisotopic (exact) mass is 322 g/mol. The van der Waals surface area contributed by atoms with Gasteiger partial charge in [0.15, 0.2) is 0 Å². The van der Waals surface area contributed by atoms with E-state index < -0.39 is 0 Å². The van der Waals surface area contributed by atoms with Crippen LogP contribution in [0.1, 0.15) is 29.8 Å². The zero-order valence-corrected chi connectivity index (χ0v) is 13.3. The molecule has 2 rings (SSSR count). The molecular weight excluding hydrogens is 304 g/mol. The first-order valence-electron chi connectivity index (χ1n) is 6.95. The summed E-state index contributed by atoms with van der Waals surface area (Å²) in [5, 5.41) is 12.9. The maximum Gasteiger partial charge on any atom is 0.338 e. The predicted molar refractivity (Wildman–Crippen MR) is 82.5 cm³/mol. The van der Waals surface area contributed by atoms with Gasteiger partial charge in [-0.05, 0) is 24.8 Å². The summed E-state index contributed by atoms with van der Waals surface area (Å²) in [5.41, 5.74) is 1.25.